The van der Waals surface area contributed by atoms with Crippen molar-refractivity contribution in [2.75, 3.05) is 5.73 Å². The molecule has 1 saturated carbocycles. The number of benzene rings is 1. The van der Waals surface area contributed by atoms with E-state index in [-0.39, 0.29) is 0 Å². The van der Waals surface area contributed by atoms with Gasteiger partial charge in [-0.3, -0.25) is 0 Å². The van der Waals surface area contributed by atoms with Crippen LogP contribution in [0.5, 0.6) is 0 Å². The number of nitrogens with two attached hydrogens (primary N) is 1. The van der Waals surface area contributed by atoms with Gasteiger partial charge in [-0.05, 0) is 25.8 Å². The summed E-state index contributed by atoms with van der Waals surface area (Å²) in [5, 5.41) is 2.07. The standard InChI is InChI=1S/C13H14N2S/c1-8-3-2-4-10(7-8)11-12(14)16-13(15-11)9-5-6-9/h2-4,7,9H,5-6,14H2,1H3. The van der Waals surface area contributed by atoms with Crippen molar-refractivity contribution in [3.8, 4) is 11.3 Å². The molecule has 2 nitrogen and oxygen atoms in total. The van der Waals surface area contributed by atoms with Crippen LogP contribution in [0.1, 0.15) is 29.3 Å². The van der Waals surface area contributed by atoms with Gasteiger partial charge in [0.1, 0.15) is 10.7 Å². The summed E-state index contributed by atoms with van der Waals surface area (Å²) in [6.45, 7) is 2.09. The van der Waals surface area contributed by atoms with Crippen LogP contribution in [0.25, 0.3) is 11.3 Å². The minimum Gasteiger partial charge on any atom is -0.389 e. The summed E-state index contributed by atoms with van der Waals surface area (Å²) in [6, 6.07) is 8.37. The summed E-state index contributed by atoms with van der Waals surface area (Å²) >= 11 is 1.65. The molecule has 0 amide bonds. The number of thiazole rings is 1. The van der Waals surface area contributed by atoms with Gasteiger partial charge in [0, 0.05) is 11.5 Å². The molecule has 1 aliphatic rings. The molecule has 0 atom stereocenters. The number of aryl methyl sites for hydroxylation is 1. The first kappa shape index (κ1) is 9.85. The summed E-state index contributed by atoms with van der Waals surface area (Å²) in [7, 11) is 0. The number of aromatic nitrogens is 1. The lowest BCUT2D eigenvalue weighted by Gasteiger charge is -1.99. The molecule has 3 rings (SSSR count). The van der Waals surface area contributed by atoms with Crippen molar-refractivity contribution >= 4 is 16.3 Å². The number of nitrogens with zero attached hydrogens (tertiary/aromatic N) is 1. The molecule has 0 bridgehead atoms. The predicted molar refractivity (Wildman–Crippen MR) is 68.7 cm³/mol. The van der Waals surface area contributed by atoms with Crippen LogP contribution in [-0.4, -0.2) is 4.98 Å². The van der Waals surface area contributed by atoms with E-state index in [0.717, 1.165) is 16.3 Å². The van der Waals surface area contributed by atoms with Crippen LogP contribution in [0.15, 0.2) is 24.3 Å². The summed E-state index contributed by atoms with van der Waals surface area (Å²) in [5.41, 5.74) is 9.40. The molecule has 1 aromatic heterocycles. The third-order valence-corrected chi connectivity index (χ3v) is 3.94. The molecule has 16 heavy (non-hydrogen) atoms. The SMILES string of the molecule is Cc1cccc(-c2nc(C3CC3)sc2N)c1. The molecule has 0 unspecified atom stereocenters. The number of rotatable bonds is 2. The van der Waals surface area contributed by atoms with Crippen LogP contribution in [0, 0.1) is 6.92 Å². The molecular weight excluding hydrogens is 216 g/mol. The van der Waals surface area contributed by atoms with E-state index in [0.29, 0.717) is 5.92 Å². The maximum absolute atomic E-state index is 6.05. The quantitative estimate of drug-likeness (QED) is 0.856. The van der Waals surface area contributed by atoms with Crippen molar-refractivity contribution < 1.29 is 0 Å². The zero-order valence-electron chi connectivity index (χ0n) is 9.23. The van der Waals surface area contributed by atoms with E-state index in [1.54, 1.807) is 11.3 Å². The Labute approximate surface area is 99.1 Å². The molecular formula is C13H14N2S. The molecule has 0 radical (unpaired) electrons. The highest BCUT2D eigenvalue weighted by Crippen LogP contribution is 2.45. The van der Waals surface area contributed by atoms with Gasteiger partial charge in [0.15, 0.2) is 0 Å². The Kier molecular flexibility index (Phi) is 2.21. The predicted octanol–water partition coefficient (Wildman–Crippen LogP) is 3.58. The monoisotopic (exact) mass is 230 g/mol. The first-order chi connectivity index (χ1) is 7.74. The van der Waals surface area contributed by atoms with Crippen LogP contribution in [-0.2, 0) is 0 Å². The minimum atomic E-state index is 0.686. The van der Waals surface area contributed by atoms with Gasteiger partial charge in [-0.2, -0.15) is 0 Å². The molecule has 2 N–H and O–H groups in total. The largest absolute Gasteiger partial charge is 0.389 e. The third-order valence-electron chi connectivity index (χ3n) is 2.89. The van der Waals surface area contributed by atoms with Gasteiger partial charge in [0.25, 0.3) is 0 Å². The summed E-state index contributed by atoms with van der Waals surface area (Å²) < 4.78 is 0. The van der Waals surface area contributed by atoms with Gasteiger partial charge in [-0.15, -0.1) is 11.3 Å². The van der Waals surface area contributed by atoms with Crippen molar-refractivity contribution in [3.63, 3.8) is 0 Å². The van der Waals surface area contributed by atoms with Crippen molar-refractivity contribution in [2.24, 2.45) is 0 Å². The normalized spacial score (nSPS) is 15.3. The van der Waals surface area contributed by atoms with Gasteiger partial charge < -0.3 is 5.73 Å². The Morgan fingerprint density at radius 3 is 2.88 bits per heavy atom. The maximum atomic E-state index is 6.05. The molecule has 1 heterocycles. The highest BCUT2D eigenvalue weighted by atomic mass is 32.1. The summed E-state index contributed by atoms with van der Waals surface area (Å²) in [4.78, 5) is 4.68. The molecule has 0 saturated heterocycles. The fraction of sp³-hybridized carbons (Fsp3) is 0.308. The van der Waals surface area contributed by atoms with Crippen LogP contribution >= 0.6 is 11.3 Å². The van der Waals surface area contributed by atoms with Gasteiger partial charge in [0.2, 0.25) is 0 Å². The molecule has 1 fully saturated rings. The van der Waals surface area contributed by atoms with E-state index in [1.807, 2.05) is 0 Å². The van der Waals surface area contributed by atoms with E-state index >= 15 is 0 Å². The second-order valence-corrected chi connectivity index (χ2v) is 5.47. The van der Waals surface area contributed by atoms with Crippen LogP contribution in [0.3, 0.4) is 0 Å². The Balaban J connectivity index is 2.04. The topological polar surface area (TPSA) is 38.9 Å². The average Bonchev–Trinajstić information content (AvgIpc) is 3.02. The zero-order chi connectivity index (χ0) is 11.1. The van der Waals surface area contributed by atoms with Crippen molar-refractivity contribution in [2.45, 2.75) is 25.7 Å². The van der Waals surface area contributed by atoms with Crippen LogP contribution in [0.4, 0.5) is 5.00 Å². The van der Waals surface area contributed by atoms with E-state index in [9.17, 15) is 0 Å². The van der Waals surface area contributed by atoms with Gasteiger partial charge in [-0.1, -0.05) is 23.8 Å². The molecule has 2 aromatic rings. The van der Waals surface area contributed by atoms with Crippen LogP contribution in [0.2, 0.25) is 0 Å². The number of hydrogen-bond acceptors (Lipinski definition) is 3. The van der Waals surface area contributed by atoms with Gasteiger partial charge in [-0.25, -0.2) is 4.98 Å². The number of anilines is 1. The van der Waals surface area contributed by atoms with E-state index in [4.69, 9.17) is 5.73 Å². The number of nitrogen functional groups attached to an aromatic ring is 1. The summed E-state index contributed by atoms with van der Waals surface area (Å²) in [5.74, 6) is 0.686. The second kappa shape index (κ2) is 3.59. The zero-order valence-corrected chi connectivity index (χ0v) is 10.1. The lowest BCUT2D eigenvalue weighted by Crippen LogP contribution is -1.86. The first-order valence-corrected chi connectivity index (χ1v) is 6.39. The first-order valence-electron chi connectivity index (χ1n) is 5.57. The summed E-state index contributed by atoms with van der Waals surface area (Å²) in [6.07, 6.45) is 2.56. The Morgan fingerprint density at radius 1 is 1.38 bits per heavy atom. The van der Waals surface area contributed by atoms with E-state index in [1.165, 1.54) is 23.4 Å². The molecule has 3 heteroatoms. The Hall–Kier alpha value is -1.35. The van der Waals surface area contributed by atoms with Crippen LogP contribution < -0.4 is 5.73 Å². The van der Waals surface area contributed by atoms with Crippen molar-refractivity contribution in [1.82, 2.24) is 4.98 Å². The lowest BCUT2D eigenvalue weighted by atomic mass is 10.1. The average molecular weight is 230 g/mol. The third kappa shape index (κ3) is 1.71. The van der Waals surface area contributed by atoms with Gasteiger partial charge >= 0.3 is 0 Å². The smallest absolute Gasteiger partial charge is 0.114 e. The molecule has 0 spiro atoms. The second-order valence-electron chi connectivity index (χ2n) is 4.41. The van der Waals surface area contributed by atoms with Gasteiger partial charge in [0.05, 0.1) is 5.01 Å². The highest BCUT2D eigenvalue weighted by Gasteiger charge is 2.28. The number of hydrogen-bond donors (Lipinski definition) is 1. The Morgan fingerprint density at radius 2 is 2.19 bits per heavy atom. The van der Waals surface area contributed by atoms with E-state index in [2.05, 4.69) is 36.2 Å². The maximum Gasteiger partial charge on any atom is 0.114 e. The lowest BCUT2D eigenvalue weighted by molar-refractivity contribution is 1.09. The van der Waals surface area contributed by atoms with E-state index < -0.39 is 0 Å². The molecule has 82 valence electrons. The minimum absolute atomic E-state index is 0.686. The molecule has 1 aromatic carbocycles. The fourth-order valence-corrected chi connectivity index (χ4v) is 2.88. The highest BCUT2D eigenvalue weighted by molar-refractivity contribution is 7.16. The molecule has 0 aliphatic heterocycles. The Bertz CT molecular complexity index is 526. The molecule has 1 aliphatic carbocycles. The van der Waals surface area contributed by atoms with Crippen molar-refractivity contribution in [1.29, 1.82) is 0 Å². The van der Waals surface area contributed by atoms with Crippen molar-refractivity contribution in [3.05, 3.63) is 34.8 Å². The fourth-order valence-electron chi connectivity index (χ4n) is 1.85.